The van der Waals surface area contributed by atoms with E-state index < -0.39 is 17.5 Å². The van der Waals surface area contributed by atoms with Crippen molar-refractivity contribution in [2.75, 3.05) is 18.0 Å². The Kier molecular flexibility index (Phi) is 5.37. The maximum absolute atomic E-state index is 15.0. The van der Waals surface area contributed by atoms with Gasteiger partial charge in [-0.2, -0.15) is 5.10 Å². The number of hydrogen-bond donors (Lipinski definition) is 0. The lowest BCUT2D eigenvalue weighted by Crippen LogP contribution is -2.56. The molecule has 4 heterocycles. The molecule has 1 spiro atoms. The van der Waals surface area contributed by atoms with Gasteiger partial charge in [0.25, 0.3) is 5.56 Å². The number of pyridine rings is 1. The van der Waals surface area contributed by atoms with Crippen LogP contribution in [0.3, 0.4) is 0 Å². The third-order valence-electron chi connectivity index (χ3n) is 7.48. The van der Waals surface area contributed by atoms with Gasteiger partial charge in [-0.1, -0.05) is 0 Å². The van der Waals surface area contributed by atoms with Crippen molar-refractivity contribution in [1.29, 1.82) is 0 Å². The Morgan fingerprint density at radius 2 is 1.81 bits per heavy atom. The summed E-state index contributed by atoms with van der Waals surface area (Å²) in [7, 11) is 3.43. The fraction of sp³-hybridized carbons (Fsp3) is 0.385. The molecule has 0 unspecified atom stereocenters. The zero-order valence-electron chi connectivity index (χ0n) is 20.6. The lowest BCUT2D eigenvalue weighted by molar-refractivity contribution is -0.150. The number of aromatic nitrogens is 5. The van der Waals surface area contributed by atoms with Crippen LogP contribution < -0.4 is 10.5 Å². The molecule has 1 atom stereocenters. The molecule has 1 aliphatic carbocycles. The Hall–Kier alpha value is -3.73. The number of benzene rings is 1. The first-order valence-corrected chi connectivity index (χ1v) is 12.1. The van der Waals surface area contributed by atoms with E-state index in [9.17, 15) is 18.0 Å². The van der Waals surface area contributed by atoms with Gasteiger partial charge in [0.2, 0.25) is 0 Å². The molecule has 8 nitrogen and oxygen atoms in total. The normalized spacial score (nSPS) is 19.0. The second kappa shape index (κ2) is 8.41. The van der Waals surface area contributed by atoms with Gasteiger partial charge in [0.1, 0.15) is 34.8 Å². The first kappa shape index (κ1) is 23.7. The topological polar surface area (TPSA) is 78.1 Å². The largest absolute Gasteiger partial charge is 0.363 e. The van der Waals surface area contributed by atoms with E-state index in [4.69, 9.17) is 9.72 Å². The molecule has 1 aliphatic heterocycles. The average Bonchev–Trinajstić information content (AvgIpc) is 3.29. The van der Waals surface area contributed by atoms with Crippen LogP contribution in [0.4, 0.5) is 19.0 Å². The second-order valence-corrected chi connectivity index (χ2v) is 9.97. The molecule has 2 fully saturated rings. The number of fused-ring (bicyclic) bond motifs is 1. The van der Waals surface area contributed by atoms with Crippen LogP contribution in [0.2, 0.25) is 0 Å². The molecular formula is C26H25F3N6O2. The van der Waals surface area contributed by atoms with E-state index in [0.29, 0.717) is 30.8 Å². The minimum atomic E-state index is -1.30. The summed E-state index contributed by atoms with van der Waals surface area (Å²) in [5.74, 6) is -2.71. The Morgan fingerprint density at radius 3 is 2.49 bits per heavy atom. The molecule has 0 bridgehead atoms. The van der Waals surface area contributed by atoms with Crippen molar-refractivity contribution < 1.29 is 17.9 Å². The zero-order valence-corrected chi connectivity index (χ0v) is 20.6. The van der Waals surface area contributed by atoms with Gasteiger partial charge in [-0.3, -0.25) is 14.0 Å². The summed E-state index contributed by atoms with van der Waals surface area (Å²) in [6, 6.07) is 2.88. The van der Waals surface area contributed by atoms with Gasteiger partial charge in [-0.25, -0.2) is 23.1 Å². The number of nitrogens with zero attached hydrogens (tertiary/aromatic N) is 6. The highest BCUT2D eigenvalue weighted by molar-refractivity contribution is 5.93. The smallest absolute Gasteiger partial charge is 0.261 e. The molecule has 0 radical (unpaired) electrons. The summed E-state index contributed by atoms with van der Waals surface area (Å²) in [6.07, 6.45) is 6.16. The van der Waals surface area contributed by atoms with Crippen molar-refractivity contribution in [3.8, 4) is 11.3 Å². The quantitative estimate of drug-likeness (QED) is 0.389. The maximum atomic E-state index is 15.0. The van der Waals surface area contributed by atoms with E-state index in [2.05, 4.69) is 10.1 Å². The van der Waals surface area contributed by atoms with Crippen LogP contribution in [-0.2, 0) is 18.8 Å². The van der Waals surface area contributed by atoms with Gasteiger partial charge >= 0.3 is 0 Å². The van der Waals surface area contributed by atoms with E-state index in [1.54, 1.807) is 30.9 Å². The summed E-state index contributed by atoms with van der Waals surface area (Å²) >= 11 is 0. The van der Waals surface area contributed by atoms with Crippen LogP contribution in [0.25, 0.3) is 22.2 Å². The number of morpholine rings is 1. The van der Waals surface area contributed by atoms with E-state index in [1.807, 2.05) is 18.1 Å². The lowest BCUT2D eigenvalue weighted by Gasteiger charge is -2.51. The van der Waals surface area contributed by atoms with E-state index in [1.165, 1.54) is 4.57 Å². The third kappa shape index (κ3) is 3.88. The number of rotatable bonds is 3. The Balaban J connectivity index is 1.55. The van der Waals surface area contributed by atoms with Gasteiger partial charge in [0.15, 0.2) is 11.6 Å². The van der Waals surface area contributed by atoms with Crippen LogP contribution >= 0.6 is 0 Å². The molecular weight excluding hydrogens is 485 g/mol. The number of aryl methyl sites for hydroxylation is 2. The summed E-state index contributed by atoms with van der Waals surface area (Å²) < 4.78 is 52.6. The van der Waals surface area contributed by atoms with Crippen LogP contribution in [-0.4, -0.2) is 43.0 Å². The maximum Gasteiger partial charge on any atom is 0.261 e. The van der Waals surface area contributed by atoms with Crippen LogP contribution in [0.1, 0.15) is 36.8 Å². The molecule has 4 aromatic rings. The highest BCUT2D eigenvalue weighted by Crippen LogP contribution is 2.45. The van der Waals surface area contributed by atoms with Gasteiger partial charge in [-0.05, 0) is 38.3 Å². The second-order valence-electron chi connectivity index (χ2n) is 9.97. The number of hydrogen-bond acceptors (Lipinski definition) is 6. The first-order valence-electron chi connectivity index (χ1n) is 12.1. The molecule has 6 rings (SSSR count). The standard InChI is InChI=1S/C26H25F3N6O2/c1-14-31-24-17(25(36)34(14)3)8-22(32-23(24)16-7-19(28)20(29)9-18(16)27)35-12-21(15-10-30-33(2)11-15)37-26(13-35)5-4-6-26/h7-11,21H,4-6,12-13H2,1-3H3/t21-/m1/s1. The van der Waals surface area contributed by atoms with Crippen LogP contribution in [0.15, 0.2) is 35.4 Å². The van der Waals surface area contributed by atoms with Crippen molar-refractivity contribution >= 4 is 16.7 Å². The van der Waals surface area contributed by atoms with E-state index >= 15 is 0 Å². The average molecular weight is 511 g/mol. The predicted octanol–water partition coefficient (Wildman–Crippen LogP) is 3.96. The number of anilines is 1. The van der Waals surface area contributed by atoms with E-state index in [0.717, 1.165) is 30.9 Å². The lowest BCUT2D eigenvalue weighted by atomic mass is 9.78. The highest BCUT2D eigenvalue weighted by atomic mass is 19.2. The molecule has 1 saturated heterocycles. The monoisotopic (exact) mass is 510 g/mol. The fourth-order valence-electron chi connectivity index (χ4n) is 5.21. The molecule has 192 valence electrons. The van der Waals surface area contributed by atoms with Crippen LogP contribution in [0.5, 0.6) is 0 Å². The minimum absolute atomic E-state index is 0.0169. The molecule has 1 saturated carbocycles. The fourth-order valence-corrected chi connectivity index (χ4v) is 5.21. The molecule has 3 aromatic heterocycles. The third-order valence-corrected chi connectivity index (χ3v) is 7.48. The van der Waals surface area contributed by atoms with Gasteiger partial charge in [0, 0.05) is 44.0 Å². The molecule has 37 heavy (non-hydrogen) atoms. The summed E-state index contributed by atoms with van der Waals surface area (Å²) in [6.45, 7) is 2.59. The van der Waals surface area contributed by atoms with Crippen LogP contribution in [0, 0.1) is 24.4 Å². The minimum Gasteiger partial charge on any atom is -0.363 e. The SMILES string of the molecule is Cc1nc2c(-c3cc(F)c(F)cc3F)nc(N3C[C@H](c4cnn(C)c4)OC4(CCC4)C3)cc2c(=O)n1C. The van der Waals surface area contributed by atoms with Gasteiger partial charge in [-0.15, -0.1) is 0 Å². The Morgan fingerprint density at radius 1 is 1.05 bits per heavy atom. The first-order chi connectivity index (χ1) is 17.6. The summed E-state index contributed by atoms with van der Waals surface area (Å²) in [5.41, 5.74) is 0.0483. The highest BCUT2D eigenvalue weighted by Gasteiger charge is 2.46. The van der Waals surface area contributed by atoms with Crippen molar-refractivity contribution in [2.24, 2.45) is 14.1 Å². The Bertz CT molecular complexity index is 1610. The number of halogens is 3. The van der Waals surface area contributed by atoms with Gasteiger partial charge < -0.3 is 9.64 Å². The van der Waals surface area contributed by atoms with Gasteiger partial charge in [0.05, 0.1) is 23.7 Å². The molecule has 11 heteroatoms. The molecule has 0 N–H and O–H groups in total. The summed E-state index contributed by atoms with van der Waals surface area (Å²) in [5, 5.41) is 4.49. The molecule has 0 amide bonds. The van der Waals surface area contributed by atoms with Crippen molar-refractivity contribution in [3.63, 3.8) is 0 Å². The zero-order chi connectivity index (χ0) is 26.1. The Labute approximate surface area is 210 Å². The molecule has 1 aromatic carbocycles. The predicted molar refractivity (Wildman–Crippen MR) is 131 cm³/mol. The van der Waals surface area contributed by atoms with Crippen molar-refractivity contribution in [1.82, 2.24) is 24.3 Å². The van der Waals surface area contributed by atoms with Crippen molar-refractivity contribution in [2.45, 2.75) is 37.9 Å². The molecule has 2 aliphatic rings. The summed E-state index contributed by atoms with van der Waals surface area (Å²) in [4.78, 5) is 24.5. The van der Waals surface area contributed by atoms with E-state index in [-0.39, 0.29) is 39.4 Å². The number of ether oxygens (including phenoxy) is 1. The van der Waals surface area contributed by atoms with Crippen molar-refractivity contribution in [3.05, 3.63) is 69.8 Å².